The number of nitriles is 1. The first-order valence-corrected chi connectivity index (χ1v) is 8.00. The zero-order chi connectivity index (χ0) is 18.4. The van der Waals surface area contributed by atoms with Crippen LogP contribution in [-0.2, 0) is 0 Å². The maximum absolute atomic E-state index is 12.5. The van der Waals surface area contributed by atoms with Crippen LogP contribution in [0.3, 0.4) is 0 Å². The zero-order valence-corrected chi connectivity index (χ0v) is 14.2. The Bertz CT molecular complexity index is 994. The van der Waals surface area contributed by atoms with Gasteiger partial charge in [0.2, 0.25) is 5.78 Å². The van der Waals surface area contributed by atoms with E-state index >= 15 is 0 Å². The Morgan fingerprint density at radius 1 is 1.08 bits per heavy atom. The van der Waals surface area contributed by atoms with Crippen LogP contribution in [0.5, 0.6) is 11.8 Å². The van der Waals surface area contributed by atoms with Gasteiger partial charge in [-0.25, -0.2) is 9.97 Å². The molecule has 0 aliphatic rings. The third kappa shape index (κ3) is 4.32. The lowest BCUT2D eigenvalue weighted by Crippen LogP contribution is -2.01. The number of ether oxygens (including phenoxy) is 1. The lowest BCUT2D eigenvalue weighted by atomic mass is 10.0. The highest BCUT2D eigenvalue weighted by Crippen LogP contribution is 2.21. The molecule has 3 aromatic rings. The molecule has 0 unspecified atom stereocenters. The number of hydrogen-bond donors (Lipinski definition) is 0. The SMILES string of the molecule is N#CC(=Cc1cccc(Oc2ncccn2)c1)C(=O)c1ccc(Cl)cc1. The first-order chi connectivity index (χ1) is 12.7. The molecule has 0 spiro atoms. The number of carbonyl (C=O) groups excluding carboxylic acids is 1. The van der Waals surface area contributed by atoms with Crippen LogP contribution >= 0.6 is 11.6 Å². The fraction of sp³-hybridized carbons (Fsp3) is 0. The summed E-state index contributed by atoms with van der Waals surface area (Å²) in [7, 11) is 0. The molecule has 5 nitrogen and oxygen atoms in total. The van der Waals surface area contributed by atoms with Gasteiger partial charge in [0.1, 0.15) is 17.4 Å². The average molecular weight is 362 g/mol. The van der Waals surface area contributed by atoms with Gasteiger partial charge in [0.25, 0.3) is 0 Å². The summed E-state index contributed by atoms with van der Waals surface area (Å²) in [5, 5.41) is 9.89. The molecule has 6 heteroatoms. The number of hydrogen-bond acceptors (Lipinski definition) is 5. The molecule has 126 valence electrons. The summed E-state index contributed by atoms with van der Waals surface area (Å²) >= 11 is 5.83. The predicted octanol–water partition coefficient (Wildman–Crippen LogP) is 4.71. The standard InChI is InChI=1S/C20H12ClN3O2/c21-17-7-5-15(6-8-17)19(25)16(13-22)11-14-3-1-4-18(12-14)26-20-23-9-2-10-24-20/h1-12H. The normalized spacial score (nSPS) is 10.8. The molecule has 1 aromatic heterocycles. The summed E-state index contributed by atoms with van der Waals surface area (Å²) in [5.41, 5.74) is 1.06. The van der Waals surface area contributed by atoms with Crippen LogP contribution in [0.4, 0.5) is 0 Å². The van der Waals surface area contributed by atoms with Crippen LogP contribution < -0.4 is 4.74 Å². The molecular formula is C20H12ClN3O2. The fourth-order valence-corrected chi connectivity index (χ4v) is 2.31. The van der Waals surface area contributed by atoms with E-state index in [4.69, 9.17) is 16.3 Å². The van der Waals surface area contributed by atoms with Crippen LogP contribution in [0.15, 0.2) is 72.6 Å². The van der Waals surface area contributed by atoms with Crippen LogP contribution in [0, 0.1) is 11.3 Å². The molecule has 0 radical (unpaired) electrons. The van der Waals surface area contributed by atoms with E-state index in [1.165, 1.54) is 6.08 Å². The van der Waals surface area contributed by atoms with Crippen LogP contribution in [0.2, 0.25) is 5.02 Å². The van der Waals surface area contributed by atoms with Gasteiger partial charge < -0.3 is 4.74 Å². The lowest BCUT2D eigenvalue weighted by Gasteiger charge is -2.04. The minimum atomic E-state index is -0.373. The Morgan fingerprint density at radius 3 is 2.50 bits per heavy atom. The number of carbonyl (C=O) groups is 1. The second kappa shape index (κ2) is 8.06. The monoisotopic (exact) mass is 361 g/mol. The molecule has 0 aliphatic heterocycles. The van der Waals surface area contributed by atoms with Crippen LogP contribution in [0.25, 0.3) is 6.08 Å². The van der Waals surface area contributed by atoms with Crippen molar-refractivity contribution in [1.82, 2.24) is 9.97 Å². The quantitative estimate of drug-likeness (QED) is 0.373. The van der Waals surface area contributed by atoms with Crippen molar-refractivity contribution < 1.29 is 9.53 Å². The summed E-state index contributed by atoms with van der Waals surface area (Å²) in [6.07, 6.45) is 4.66. The van der Waals surface area contributed by atoms with Gasteiger partial charge in [-0.3, -0.25) is 4.79 Å². The van der Waals surface area contributed by atoms with Gasteiger partial charge in [0, 0.05) is 23.0 Å². The lowest BCUT2D eigenvalue weighted by molar-refractivity contribution is 0.104. The molecule has 0 saturated carbocycles. The largest absolute Gasteiger partial charge is 0.424 e. The molecule has 0 aliphatic carbocycles. The van der Waals surface area contributed by atoms with Crippen molar-refractivity contribution in [3.8, 4) is 17.8 Å². The van der Waals surface area contributed by atoms with Gasteiger partial charge in [-0.15, -0.1) is 0 Å². The van der Waals surface area contributed by atoms with Gasteiger partial charge in [0.15, 0.2) is 0 Å². The minimum Gasteiger partial charge on any atom is -0.424 e. The molecule has 0 atom stereocenters. The van der Waals surface area contributed by atoms with Crippen molar-refractivity contribution in [3.05, 3.63) is 88.7 Å². The van der Waals surface area contributed by atoms with E-state index in [1.54, 1.807) is 67.0 Å². The smallest absolute Gasteiger partial charge is 0.321 e. The number of rotatable bonds is 5. The number of halogens is 1. The predicted molar refractivity (Wildman–Crippen MR) is 97.9 cm³/mol. The highest BCUT2D eigenvalue weighted by atomic mass is 35.5. The molecule has 0 fully saturated rings. The number of nitrogens with zero attached hydrogens (tertiary/aromatic N) is 3. The molecule has 0 amide bonds. The molecule has 0 bridgehead atoms. The Hall–Kier alpha value is -3.49. The van der Waals surface area contributed by atoms with Crippen LogP contribution in [-0.4, -0.2) is 15.8 Å². The van der Waals surface area contributed by atoms with E-state index in [1.807, 2.05) is 6.07 Å². The van der Waals surface area contributed by atoms with Gasteiger partial charge in [-0.2, -0.15) is 5.26 Å². The van der Waals surface area contributed by atoms with Gasteiger partial charge in [-0.05, 0) is 54.1 Å². The van der Waals surface area contributed by atoms with Crippen molar-refractivity contribution in [2.75, 3.05) is 0 Å². The number of allylic oxidation sites excluding steroid dienone is 1. The molecular weight excluding hydrogens is 350 g/mol. The highest BCUT2D eigenvalue weighted by Gasteiger charge is 2.12. The summed E-state index contributed by atoms with van der Waals surface area (Å²) in [4.78, 5) is 20.5. The summed E-state index contributed by atoms with van der Waals surface area (Å²) in [5.74, 6) is 0.128. The first-order valence-electron chi connectivity index (χ1n) is 7.63. The van der Waals surface area contributed by atoms with Crippen molar-refractivity contribution in [2.45, 2.75) is 0 Å². The second-order valence-corrected chi connectivity index (χ2v) is 5.65. The maximum atomic E-state index is 12.5. The number of benzene rings is 2. The van der Waals surface area contributed by atoms with Crippen molar-refractivity contribution in [3.63, 3.8) is 0 Å². The Kier molecular flexibility index (Phi) is 5.37. The average Bonchev–Trinajstić information content (AvgIpc) is 2.67. The molecule has 2 aromatic carbocycles. The molecule has 26 heavy (non-hydrogen) atoms. The molecule has 0 N–H and O–H groups in total. The Morgan fingerprint density at radius 2 is 1.81 bits per heavy atom. The van der Waals surface area contributed by atoms with E-state index in [-0.39, 0.29) is 17.4 Å². The summed E-state index contributed by atoms with van der Waals surface area (Å²) in [6.45, 7) is 0. The molecule has 1 heterocycles. The third-order valence-electron chi connectivity index (χ3n) is 3.39. The van der Waals surface area contributed by atoms with Crippen molar-refractivity contribution in [2.24, 2.45) is 0 Å². The number of ketones is 1. The van der Waals surface area contributed by atoms with Crippen molar-refractivity contribution in [1.29, 1.82) is 5.26 Å². The zero-order valence-electron chi connectivity index (χ0n) is 13.5. The number of aromatic nitrogens is 2. The van der Waals surface area contributed by atoms with Crippen molar-refractivity contribution >= 4 is 23.5 Å². The van der Waals surface area contributed by atoms with E-state index in [0.29, 0.717) is 21.9 Å². The maximum Gasteiger partial charge on any atom is 0.321 e. The topological polar surface area (TPSA) is 75.9 Å². The van der Waals surface area contributed by atoms with Crippen LogP contribution in [0.1, 0.15) is 15.9 Å². The minimum absolute atomic E-state index is 0.0143. The van der Waals surface area contributed by atoms with Gasteiger partial charge >= 0.3 is 6.01 Å². The van der Waals surface area contributed by atoms with E-state index in [9.17, 15) is 10.1 Å². The summed E-state index contributed by atoms with van der Waals surface area (Å²) in [6, 6.07) is 17.2. The van der Waals surface area contributed by atoms with Gasteiger partial charge in [-0.1, -0.05) is 23.7 Å². The summed E-state index contributed by atoms with van der Waals surface area (Å²) < 4.78 is 5.56. The molecule has 3 rings (SSSR count). The second-order valence-electron chi connectivity index (χ2n) is 5.21. The Labute approximate surface area is 155 Å². The Balaban J connectivity index is 1.85. The van der Waals surface area contributed by atoms with Gasteiger partial charge in [0.05, 0.1) is 0 Å². The first kappa shape index (κ1) is 17.3. The highest BCUT2D eigenvalue weighted by molar-refractivity contribution is 6.30. The van der Waals surface area contributed by atoms with E-state index in [0.717, 1.165) is 0 Å². The third-order valence-corrected chi connectivity index (χ3v) is 3.64. The van der Waals surface area contributed by atoms with E-state index < -0.39 is 0 Å². The van der Waals surface area contributed by atoms with E-state index in [2.05, 4.69) is 9.97 Å². The molecule has 0 saturated heterocycles. The fourth-order valence-electron chi connectivity index (χ4n) is 2.18. The number of Topliss-reactive ketones (excluding diaryl/α,β-unsaturated/α-hetero) is 1.